The summed E-state index contributed by atoms with van der Waals surface area (Å²) in [5.41, 5.74) is 2.34. The molecule has 0 aliphatic heterocycles. The van der Waals surface area contributed by atoms with Crippen LogP contribution in [0.15, 0.2) is 16.6 Å². The Morgan fingerprint density at radius 3 is 2.85 bits per heavy atom. The van der Waals surface area contributed by atoms with Gasteiger partial charge in [0.25, 0.3) is 0 Å². The number of aromatic nitrogens is 1. The second kappa shape index (κ2) is 6.96. The molecule has 1 aromatic carbocycles. The number of nitrogens with one attached hydrogen (secondary N) is 1. The summed E-state index contributed by atoms with van der Waals surface area (Å²) in [6, 6.07) is 3.76. The van der Waals surface area contributed by atoms with Crippen LogP contribution < -0.4 is 0 Å². The van der Waals surface area contributed by atoms with E-state index in [1.807, 2.05) is 12.1 Å². The third kappa shape index (κ3) is 3.05. The lowest BCUT2D eigenvalue weighted by molar-refractivity contribution is 0.0519. The van der Waals surface area contributed by atoms with Crippen molar-refractivity contribution < 1.29 is 9.53 Å². The van der Waals surface area contributed by atoms with Gasteiger partial charge in [-0.15, -0.1) is 0 Å². The monoisotopic (exact) mass is 421 g/mol. The minimum atomic E-state index is -0.323. The Bertz CT molecular complexity index is 640. The number of carbonyl (C=O) groups excluding carboxylic acids is 1. The molecule has 20 heavy (non-hydrogen) atoms. The number of aryl methyl sites for hydroxylation is 1. The Labute approximate surface area is 139 Å². The number of ether oxygens (including phenoxy) is 1. The van der Waals surface area contributed by atoms with Crippen LogP contribution in [0.5, 0.6) is 0 Å². The first kappa shape index (κ1) is 15.9. The summed E-state index contributed by atoms with van der Waals surface area (Å²) in [5, 5.41) is 2.50. The van der Waals surface area contributed by atoms with Gasteiger partial charge < -0.3 is 9.72 Å². The fourth-order valence-electron chi connectivity index (χ4n) is 2.14. The molecule has 1 N–H and O–H groups in total. The van der Waals surface area contributed by atoms with E-state index in [2.05, 4.69) is 36.8 Å². The van der Waals surface area contributed by atoms with Crippen molar-refractivity contribution in [3.8, 4) is 0 Å². The first-order valence-corrected chi connectivity index (χ1v) is 8.61. The minimum absolute atomic E-state index is 0.323. The normalized spacial score (nSPS) is 11.0. The number of esters is 1. The van der Waals surface area contributed by atoms with Gasteiger partial charge in [-0.1, -0.05) is 33.6 Å². The van der Waals surface area contributed by atoms with Gasteiger partial charge >= 0.3 is 5.97 Å². The maximum atomic E-state index is 12.1. The summed E-state index contributed by atoms with van der Waals surface area (Å²) in [6.07, 6.45) is 1.74. The highest BCUT2D eigenvalue weighted by atomic mass is 79.9. The molecule has 2 aromatic rings. The van der Waals surface area contributed by atoms with Gasteiger partial charge in [-0.25, -0.2) is 4.79 Å². The number of alkyl halides is 1. The van der Waals surface area contributed by atoms with Crippen molar-refractivity contribution in [3.05, 3.63) is 32.9 Å². The van der Waals surface area contributed by atoms with E-state index in [4.69, 9.17) is 16.3 Å². The topological polar surface area (TPSA) is 42.1 Å². The smallest absolute Gasteiger partial charge is 0.355 e. The van der Waals surface area contributed by atoms with Gasteiger partial charge in [0.1, 0.15) is 5.69 Å². The molecular weight excluding hydrogens is 409 g/mol. The van der Waals surface area contributed by atoms with Gasteiger partial charge in [0.2, 0.25) is 0 Å². The van der Waals surface area contributed by atoms with E-state index >= 15 is 0 Å². The van der Waals surface area contributed by atoms with Gasteiger partial charge in [-0.05, 0) is 47.3 Å². The maximum absolute atomic E-state index is 12.1. The zero-order chi connectivity index (χ0) is 14.7. The molecule has 0 saturated carbocycles. The van der Waals surface area contributed by atoms with E-state index in [0.29, 0.717) is 17.3 Å². The van der Waals surface area contributed by atoms with Gasteiger partial charge in [0.15, 0.2) is 0 Å². The molecule has 6 heteroatoms. The summed E-state index contributed by atoms with van der Waals surface area (Å²) in [5.74, 6) is -0.323. The molecule has 0 aliphatic rings. The van der Waals surface area contributed by atoms with Crippen molar-refractivity contribution >= 4 is 60.3 Å². The Morgan fingerprint density at radius 2 is 2.20 bits per heavy atom. The molecule has 0 fully saturated rings. The highest BCUT2D eigenvalue weighted by Gasteiger charge is 2.20. The lowest BCUT2D eigenvalue weighted by Crippen LogP contribution is -2.08. The fourth-order valence-corrected chi connectivity index (χ4v) is 3.02. The lowest BCUT2D eigenvalue weighted by atomic mass is 10.1. The predicted molar refractivity (Wildman–Crippen MR) is 89.1 cm³/mol. The van der Waals surface area contributed by atoms with Crippen LogP contribution in [0.3, 0.4) is 0 Å². The number of benzene rings is 1. The van der Waals surface area contributed by atoms with E-state index in [-0.39, 0.29) is 5.97 Å². The summed E-state index contributed by atoms with van der Waals surface area (Å²) >= 11 is 13.0. The molecule has 1 aromatic heterocycles. The van der Waals surface area contributed by atoms with Crippen LogP contribution in [0.1, 0.15) is 29.4 Å². The van der Waals surface area contributed by atoms with Crippen molar-refractivity contribution in [1.82, 2.24) is 4.98 Å². The number of aromatic amines is 1. The lowest BCUT2D eigenvalue weighted by Gasteiger charge is -2.03. The standard InChI is InChI=1S/C14H14Br2ClNO2/c1-2-20-14(19)13-8(4-3-7-15)9-5-6-10(17)11(16)12(9)18-13/h5-6,18H,2-4,7H2,1H3. The van der Waals surface area contributed by atoms with Crippen LogP contribution >= 0.6 is 43.5 Å². The molecule has 0 saturated heterocycles. The minimum Gasteiger partial charge on any atom is -0.461 e. The number of halogens is 3. The van der Waals surface area contributed by atoms with Crippen LogP contribution in [0, 0.1) is 0 Å². The van der Waals surface area contributed by atoms with Gasteiger partial charge in [-0.2, -0.15) is 0 Å². The molecule has 1 heterocycles. The van der Waals surface area contributed by atoms with E-state index in [9.17, 15) is 4.79 Å². The third-order valence-electron chi connectivity index (χ3n) is 3.01. The fraction of sp³-hybridized carbons (Fsp3) is 0.357. The van der Waals surface area contributed by atoms with Crippen molar-refractivity contribution in [2.45, 2.75) is 19.8 Å². The van der Waals surface area contributed by atoms with Crippen molar-refractivity contribution in [2.24, 2.45) is 0 Å². The molecule has 0 atom stereocenters. The molecule has 2 rings (SSSR count). The number of fused-ring (bicyclic) bond motifs is 1. The van der Waals surface area contributed by atoms with Crippen LogP contribution in [-0.4, -0.2) is 22.9 Å². The quantitative estimate of drug-likeness (QED) is 0.538. The van der Waals surface area contributed by atoms with E-state index in [0.717, 1.165) is 39.1 Å². The predicted octanol–water partition coefficient (Wildman–Crippen LogP) is 5.09. The van der Waals surface area contributed by atoms with Crippen LogP contribution in [-0.2, 0) is 11.2 Å². The zero-order valence-electron chi connectivity index (χ0n) is 10.9. The van der Waals surface area contributed by atoms with Gasteiger partial charge in [-0.3, -0.25) is 0 Å². The zero-order valence-corrected chi connectivity index (χ0v) is 14.9. The average Bonchev–Trinajstić information content (AvgIpc) is 2.80. The molecule has 0 amide bonds. The molecular formula is C14H14Br2ClNO2. The summed E-state index contributed by atoms with van der Waals surface area (Å²) < 4.78 is 5.89. The molecule has 3 nitrogen and oxygen atoms in total. The number of hydrogen-bond donors (Lipinski definition) is 1. The Kier molecular flexibility index (Phi) is 5.52. The number of hydrogen-bond acceptors (Lipinski definition) is 2. The molecule has 0 spiro atoms. The van der Waals surface area contributed by atoms with Crippen LogP contribution in [0.25, 0.3) is 10.9 Å². The Balaban J connectivity index is 2.59. The van der Waals surface area contributed by atoms with E-state index in [1.54, 1.807) is 6.92 Å². The largest absolute Gasteiger partial charge is 0.461 e. The molecule has 0 unspecified atom stereocenters. The highest BCUT2D eigenvalue weighted by Crippen LogP contribution is 2.34. The highest BCUT2D eigenvalue weighted by molar-refractivity contribution is 9.10. The summed E-state index contributed by atoms with van der Waals surface area (Å²) in [4.78, 5) is 15.2. The number of H-pyrrole nitrogens is 1. The number of carbonyl (C=O) groups is 1. The Hall–Kier alpha value is -0.520. The molecule has 0 bridgehead atoms. The molecule has 0 aliphatic carbocycles. The summed E-state index contributed by atoms with van der Waals surface area (Å²) in [7, 11) is 0. The van der Waals surface area contributed by atoms with Crippen molar-refractivity contribution in [2.75, 3.05) is 11.9 Å². The SMILES string of the molecule is CCOC(=O)c1[nH]c2c(Br)c(Cl)ccc2c1CCCBr. The second-order valence-electron chi connectivity index (χ2n) is 4.28. The summed E-state index contributed by atoms with van der Waals surface area (Å²) in [6.45, 7) is 2.15. The van der Waals surface area contributed by atoms with Crippen LogP contribution in [0.2, 0.25) is 5.02 Å². The van der Waals surface area contributed by atoms with E-state index in [1.165, 1.54) is 0 Å². The number of rotatable bonds is 5. The van der Waals surface area contributed by atoms with E-state index < -0.39 is 0 Å². The van der Waals surface area contributed by atoms with Crippen LogP contribution in [0.4, 0.5) is 0 Å². The molecule has 0 radical (unpaired) electrons. The molecule has 108 valence electrons. The third-order valence-corrected chi connectivity index (χ3v) is 4.94. The maximum Gasteiger partial charge on any atom is 0.355 e. The van der Waals surface area contributed by atoms with Gasteiger partial charge in [0.05, 0.1) is 21.6 Å². The van der Waals surface area contributed by atoms with Gasteiger partial charge in [0, 0.05) is 10.7 Å². The average molecular weight is 424 g/mol. The van der Waals surface area contributed by atoms with Crippen molar-refractivity contribution in [3.63, 3.8) is 0 Å². The second-order valence-corrected chi connectivity index (χ2v) is 6.27. The first-order valence-electron chi connectivity index (χ1n) is 6.31. The Morgan fingerprint density at radius 1 is 1.45 bits per heavy atom. The first-order chi connectivity index (χ1) is 9.60. The van der Waals surface area contributed by atoms with Crippen molar-refractivity contribution in [1.29, 1.82) is 0 Å².